The van der Waals surface area contributed by atoms with Crippen LogP contribution >= 0.6 is 7.60 Å². The molecule has 0 spiro atoms. The van der Waals surface area contributed by atoms with E-state index in [2.05, 4.69) is 0 Å². The second kappa shape index (κ2) is 6.37. The Bertz CT molecular complexity index is 433. The number of hydrogen-bond donors (Lipinski definition) is 1. The first-order valence-electron chi connectivity index (χ1n) is 6.09. The van der Waals surface area contributed by atoms with Crippen molar-refractivity contribution in [1.82, 2.24) is 0 Å². The van der Waals surface area contributed by atoms with Crippen LogP contribution in [0.5, 0.6) is 5.75 Å². The minimum atomic E-state index is -2.97. The number of hydrogen-bond acceptors (Lipinski definition) is 4. The molecule has 0 amide bonds. The van der Waals surface area contributed by atoms with Gasteiger partial charge in [-0.05, 0) is 37.5 Å². The first-order chi connectivity index (χ1) is 8.41. The van der Waals surface area contributed by atoms with E-state index in [9.17, 15) is 9.67 Å². The molecule has 0 saturated carbocycles. The van der Waals surface area contributed by atoms with E-state index in [4.69, 9.17) is 9.05 Å². The summed E-state index contributed by atoms with van der Waals surface area (Å²) in [4.78, 5) is 0. The van der Waals surface area contributed by atoms with Gasteiger partial charge in [0.1, 0.15) is 5.75 Å². The van der Waals surface area contributed by atoms with Gasteiger partial charge in [-0.15, -0.1) is 0 Å². The third-order valence-corrected chi connectivity index (χ3v) is 4.64. The number of phenols is 1. The smallest absolute Gasteiger partial charge is 0.330 e. The van der Waals surface area contributed by atoms with Gasteiger partial charge in [-0.25, -0.2) is 0 Å². The molecule has 0 aliphatic heterocycles. The van der Waals surface area contributed by atoms with Crippen LogP contribution in [0.4, 0.5) is 0 Å². The van der Waals surface area contributed by atoms with E-state index >= 15 is 0 Å². The van der Waals surface area contributed by atoms with Gasteiger partial charge in [0.2, 0.25) is 0 Å². The zero-order valence-electron chi connectivity index (χ0n) is 11.4. The number of phenolic OH excluding ortho intramolecular Hbond substituents is 1. The topological polar surface area (TPSA) is 55.8 Å². The zero-order chi connectivity index (χ0) is 13.8. The van der Waals surface area contributed by atoms with E-state index in [1.54, 1.807) is 13.8 Å². The Balaban J connectivity index is 2.77. The predicted molar refractivity (Wildman–Crippen MR) is 72.1 cm³/mol. The predicted octanol–water partition coefficient (Wildman–Crippen LogP) is 3.78. The lowest BCUT2D eigenvalue weighted by atomic mass is 10.1. The molecule has 1 N–H and O–H groups in total. The lowest BCUT2D eigenvalue weighted by Gasteiger charge is -2.16. The second-order valence-electron chi connectivity index (χ2n) is 4.20. The molecule has 1 atom stereocenters. The van der Waals surface area contributed by atoms with E-state index in [1.165, 1.54) is 0 Å². The van der Waals surface area contributed by atoms with Crippen LogP contribution in [0.2, 0.25) is 0 Å². The van der Waals surface area contributed by atoms with Crippen molar-refractivity contribution in [3.05, 3.63) is 28.8 Å². The average molecular weight is 272 g/mol. The summed E-state index contributed by atoms with van der Waals surface area (Å²) in [6.45, 7) is 7.83. The van der Waals surface area contributed by atoms with Crippen LogP contribution < -0.4 is 0 Å². The van der Waals surface area contributed by atoms with Crippen molar-refractivity contribution in [2.75, 3.05) is 12.8 Å². The van der Waals surface area contributed by atoms with Gasteiger partial charge in [-0.1, -0.05) is 19.1 Å². The molecule has 0 saturated heterocycles. The molecule has 0 fully saturated rings. The van der Waals surface area contributed by atoms with Gasteiger partial charge in [0.05, 0.1) is 13.2 Å². The number of aryl methyl sites for hydroxylation is 2. The van der Waals surface area contributed by atoms with Gasteiger partial charge in [-0.2, -0.15) is 0 Å². The Hall–Kier alpha value is -0.830. The molecular weight excluding hydrogens is 251 g/mol. The van der Waals surface area contributed by atoms with E-state index in [0.717, 1.165) is 16.7 Å². The first-order valence-corrected chi connectivity index (χ1v) is 7.82. The van der Waals surface area contributed by atoms with E-state index < -0.39 is 7.60 Å². The van der Waals surface area contributed by atoms with Crippen LogP contribution in [0.1, 0.15) is 30.5 Å². The molecule has 1 unspecified atom stereocenters. The third-order valence-electron chi connectivity index (χ3n) is 2.69. The first kappa shape index (κ1) is 15.2. The summed E-state index contributed by atoms with van der Waals surface area (Å²) in [5, 5.41) is 9.67. The molecule has 5 heteroatoms. The molecule has 0 bridgehead atoms. The molecule has 4 nitrogen and oxygen atoms in total. The van der Waals surface area contributed by atoms with Gasteiger partial charge < -0.3 is 14.2 Å². The Morgan fingerprint density at radius 2 is 1.72 bits per heavy atom. The molecule has 1 rings (SSSR count). The van der Waals surface area contributed by atoms with Gasteiger partial charge in [0.15, 0.2) is 0 Å². The largest absolute Gasteiger partial charge is 0.507 e. The van der Waals surface area contributed by atoms with Gasteiger partial charge >= 0.3 is 7.60 Å². The third kappa shape index (κ3) is 3.84. The lowest BCUT2D eigenvalue weighted by Crippen LogP contribution is -1.99. The summed E-state index contributed by atoms with van der Waals surface area (Å²) in [6, 6.07) is 3.66. The van der Waals surface area contributed by atoms with Crippen molar-refractivity contribution < 1.29 is 18.7 Å². The van der Waals surface area contributed by atoms with Gasteiger partial charge in [0, 0.05) is 6.16 Å². The van der Waals surface area contributed by atoms with Crippen molar-refractivity contribution in [3.63, 3.8) is 0 Å². The molecule has 102 valence electrons. The Kier molecular flexibility index (Phi) is 5.39. The van der Waals surface area contributed by atoms with Gasteiger partial charge in [0.25, 0.3) is 0 Å². The monoisotopic (exact) mass is 272 g/mol. The highest BCUT2D eigenvalue weighted by molar-refractivity contribution is 7.53. The maximum absolute atomic E-state index is 12.1. The second-order valence-corrected chi connectivity index (χ2v) is 6.57. The molecular formula is C13H21O4P. The van der Waals surface area contributed by atoms with Crippen LogP contribution in [-0.4, -0.2) is 17.9 Å². The summed E-state index contributed by atoms with van der Waals surface area (Å²) >= 11 is 0. The van der Waals surface area contributed by atoms with Crippen molar-refractivity contribution in [1.29, 1.82) is 0 Å². The Labute approximate surface area is 108 Å². The quantitative estimate of drug-likeness (QED) is 0.801. The SMILES string of the molecule is CCOP(=O)(CC)OCc1cc(C)c(O)c(C)c1. The van der Waals surface area contributed by atoms with Crippen LogP contribution in [0.25, 0.3) is 0 Å². The van der Waals surface area contributed by atoms with Crippen LogP contribution in [0.3, 0.4) is 0 Å². The van der Waals surface area contributed by atoms with Gasteiger partial charge in [-0.3, -0.25) is 4.57 Å². The fraction of sp³-hybridized carbons (Fsp3) is 0.538. The van der Waals surface area contributed by atoms with Crippen LogP contribution in [-0.2, 0) is 20.2 Å². The van der Waals surface area contributed by atoms with Crippen LogP contribution in [0, 0.1) is 13.8 Å². The summed E-state index contributed by atoms with van der Waals surface area (Å²) in [5.41, 5.74) is 2.46. The highest BCUT2D eigenvalue weighted by atomic mass is 31.2. The van der Waals surface area contributed by atoms with Crippen molar-refractivity contribution in [3.8, 4) is 5.75 Å². The standard InChI is InChI=1S/C13H21O4P/c1-5-16-18(15,6-2)17-9-12-7-10(3)13(14)11(4)8-12/h7-8,14H,5-6,9H2,1-4H3. The highest BCUT2D eigenvalue weighted by Crippen LogP contribution is 2.48. The molecule has 1 aromatic rings. The van der Waals surface area contributed by atoms with E-state index in [0.29, 0.717) is 18.5 Å². The van der Waals surface area contributed by atoms with Crippen LogP contribution in [0.15, 0.2) is 12.1 Å². The molecule has 0 aromatic heterocycles. The molecule has 0 radical (unpaired) electrons. The zero-order valence-corrected chi connectivity index (χ0v) is 12.3. The summed E-state index contributed by atoms with van der Waals surface area (Å²) in [6.07, 6.45) is 0.358. The Morgan fingerprint density at radius 1 is 1.17 bits per heavy atom. The maximum Gasteiger partial charge on any atom is 0.330 e. The number of rotatable bonds is 6. The summed E-state index contributed by atoms with van der Waals surface area (Å²) in [7, 11) is -2.97. The van der Waals surface area contributed by atoms with E-state index in [1.807, 2.05) is 26.0 Å². The fourth-order valence-corrected chi connectivity index (χ4v) is 2.90. The molecule has 0 heterocycles. The van der Waals surface area contributed by atoms with E-state index in [-0.39, 0.29) is 6.61 Å². The highest BCUT2D eigenvalue weighted by Gasteiger charge is 2.21. The number of benzene rings is 1. The summed E-state index contributed by atoms with van der Waals surface area (Å²) < 4.78 is 22.7. The lowest BCUT2D eigenvalue weighted by molar-refractivity contribution is 0.205. The summed E-state index contributed by atoms with van der Waals surface area (Å²) in [5.74, 6) is 0.294. The normalized spacial score (nSPS) is 14.4. The minimum absolute atomic E-state index is 0.229. The Morgan fingerprint density at radius 3 is 2.17 bits per heavy atom. The molecule has 1 aromatic carbocycles. The minimum Gasteiger partial charge on any atom is -0.507 e. The maximum atomic E-state index is 12.1. The van der Waals surface area contributed by atoms with Crippen molar-refractivity contribution in [2.45, 2.75) is 34.3 Å². The molecule has 0 aliphatic carbocycles. The average Bonchev–Trinajstić information content (AvgIpc) is 2.33. The number of aromatic hydroxyl groups is 1. The molecule has 0 aliphatic rings. The molecule has 18 heavy (non-hydrogen) atoms. The van der Waals surface area contributed by atoms with Crippen molar-refractivity contribution in [2.24, 2.45) is 0 Å². The fourth-order valence-electron chi connectivity index (χ4n) is 1.72. The van der Waals surface area contributed by atoms with Crippen molar-refractivity contribution >= 4 is 7.60 Å².